The Bertz CT molecular complexity index is 864. The minimum atomic E-state index is -3.21. The van der Waals surface area contributed by atoms with Gasteiger partial charge in [0.2, 0.25) is 5.69 Å². The largest absolute Gasteiger partial charge is 0.481 e. The number of carbonyl (C=O) groups is 1. The zero-order chi connectivity index (χ0) is 20.2. The molecule has 10 heteroatoms. The van der Waals surface area contributed by atoms with E-state index in [0.29, 0.717) is 13.1 Å². The van der Waals surface area contributed by atoms with E-state index in [4.69, 9.17) is 11.7 Å². The Labute approximate surface area is 158 Å². The van der Waals surface area contributed by atoms with Crippen LogP contribution in [0.1, 0.15) is 30.4 Å². The number of pyridine rings is 1. The van der Waals surface area contributed by atoms with E-state index in [1.165, 1.54) is 4.90 Å². The van der Waals surface area contributed by atoms with Crippen molar-refractivity contribution in [3.05, 3.63) is 22.5 Å². The van der Waals surface area contributed by atoms with Crippen LogP contribution in [0.2, 0.25) is 0 Å². The Kier molecular flexibility index (Phi) is 4.36. The van der Waals surface area contributed by atoms with Crippen molar-refractivity contribution in [3.8, 4) is 0 Å². The van der Waals surface area contributed by atoms with Crippen LogP contribution >= 0.6 is 0 Å². The minimum absolute atomic E-state index is 0.0264. The van der Waals surface area contributed by atoms with Gasteiger partial charge in [-0.25, -0.2) is 27.4 Å². The lowest BCUT2D eigenvalue weighted by atomic mass is 9.95. The van der Waals surface area contributed by atoms with Gasteiger partial charge < -0.3 is 14.9 Å². The lowest BCUT2D eigenvalue weighted by molar-refractivity contribution is -0.138. The predicted octanol–water partition coefficient (Wildman–Crippen LogP) is 3.43. The highest BCUT2D eigenvalue weighted by atomic mass is 19.3. The van der Waals surface area contributed by atoms with E-state index in [1.807, 2.05) is 0 Å². The van der Waals surface area contributed by atoms with Gasteiger partial charge in [0.15, 0.2) is 0 Å². The van der Waals surface area contributed by atoms with Crippen molar-refractivity contribution in [1.82, 2.24) is 4.98 Å². The molecule has 1 unspecified atom stereocenters. The number of hydrogen-bond acceptors (Lipinski definition) is 4. The molecule has 28 heavy (non-hydrogen) atoms. The van der Waals surface area contributed by atoms with Gasteiger partial charge >= 0.3 is 5.97 Å². The van der Waals surface area contributed by atoms with Crippen LogP contribution in [0.15, 0.2) is 0 Å². The van der Waals surface area contributed by atoms with Crippen molar-refractivity contribution in [3.63, 3.8) is 0 Å². The fraction of sp³-hybridized carbons (Fsp3) is 0.611. The van der Waals surface area contributed by atoms with Gasteiger partial charge in [0, 0.05) is 37.5 Å². The van der Waals surface area contributed by atoms with Crippen molar-refractivity contribution in [1.29, 1.82) is 0 Å². The van der Waals surface area contributed by atoms with Crippen LogP contribution in [0.25, 0.3) is 4.85 Å². The van der Waals surface area contributed by atoms with Gasteiger partial charge in [-0.3, -0.25) is 4.79 Å². The molecule has 1 aromatic rings. The van der Waals surface area contributed by atoms with Gasteiger partial charge in [0.25, 0.3) is 12.3 Å². The number of fused-ring (bicyclic) bond motifs is 1. The summed E-state index contributed by atoms with van der Waals surface area (Å²) in [5, 5.41) is 8.89. The number of nitrogens with zero attached hydrogens (tertiary/aromatic N) is 4. The Hall–Kier alpha value is -2.57. The SMILES string of the molecule is [C-]#[N+]c1c(N2CCC2C(F)F)nc(N2CC(CC(=O)O)C2)c2c1C(F)(F)CC2. The number of anilines is 2. The summed E-state index contributed by atoms with van der Waals surface area (Å²) in [5.74, 6) is -4.09. The zero-order valence-corrected chi connectivity index (χ0v) is 14.8. The summed E-state index contributed by atoms with van der Waals surface area (Å²) in [6.07, 6.45) is -2.87. The third-order valence-corrected chi connectivity index (χ3v) is 5.75. The molecular weight excluding hydrogens is 380 g/mol. The molecular formula is C18H18F4N4O2. The molecule has 150 valence electrons. The van der Waals surface area contributed by atoms with Crippen LogP contribution in [0.3, 0.4) is 0 Å². The number of carboxylic acids is 1. The highest BCUT2D eigenvalue weighted by Gasteiger charge is 2.48. The van der Waals surface area contributed by atoms with Crippen molar-refractivity contribution in [2.24, 2.45) is 5.92 Å². The van der Waals surface area contributed by atoms with Crippen LogP contribution in [-0.2, 0) is 17.1 Å². The highest BCUT2D eigenvalue weighted by Crippen LogP contribution is 2.53. The van der Waals surface area contributed by atoms with Gasteiger partial charge in [-0.15, -0.1) is 0 Å². The summed E-state index contributed by atoms with van der Waals surface area (Å²) in [6, 6.07) is -1.13. The Balaban J connectivity index is 1.76. The summed E-state index contributed by atoms with van der Waals surface area (Å²) in [6.45, 7) is 8.34. The van der Waals surface area contributed by atoms with Crippen molar-refractivity contribution in [2.75, 3.05) is 29.4 Å². The second-order valence-corrected chi connectivity index (χ2v) is 7.53. The maximum atomic E-state index is 14.6. The Morgan fingerprint density at radius 3 is 2.61 bits per heavy atom. The number of aliphatic carboxylic acids is 1. The summed E-state index contributed by atoms with van der Waals surface area (Å²) in [4.78, 5) is 21.5. The first-order valence-electron chi connectivity index (χ1n) is 9.07. The van der Waals surface area contributed by atoms with Crippen LogP contribution in [0.5, 0.6) is 0 Å². The minimum Gasteiger partial charge on any atom is -0.481 e. The topological polar surface area (TPSA) is 61.0 Å². The van der Waals surface area contributed by atoms with Crippen LogP contribution < -0.4 is 9.80 Å². The van der Waals surface area contributed by atoms with Crippen LogP contribution in [-0.4, -0.2) is 48.2 Å². The molecule has 1 aliphatic carbocycles. The number of alkyl halides is 4. The number of rotatable bonds is 5. The van der Waals surface area contributed by atoms with Crippen molar-refractivity contribution in [2.45, 2.75) is 44.1 Å². The zero-order valence-electron chi connectivity index (χ0n) is 14.8. The van der Waals surface area contributed by atoms with Gasteiger partial charge in [-0.1, -0.05) is 0 Å². The monoisotopic (exact) mass is 398 g/mol. The third kappa shape index (κ3) is 2.84. The second-order valence-electron chi connectivity index (χ2n) is 7.53. The molecule has 0 bridgehead atoms. The summed E-state index contributed by atoms with van der Waals surface area (Å²) < 4.78 is 55.6. The lowest BCUT2D eigenvalue weighted by Crippen LogP contribution is -2.53. The molecule has 2 aliphatic heterocycles. The predicted molar refractivity (Wildman–Crippen MR) is 92.4 cm³/mol. The molecule has 1 aromatic heterocycles. The molecule has 6 nitrogen and oxygen atoms in total. The number of halogens is 4. The highest BCUT2D eigenvalue weighted by molar-refractivity contribution is 5.80. The summed E-state index contributed by atoms with van der Waals surface area (Å²) >= 11 is 0. The normalized spacial score (nSPS) is 23.2. The second kappa shape index (κ2) is 6.50. The summed E-state index contributed by atoms with van der Waals surface area (Å²) in [5.41, 5.74) is -0.457. The molecule has 0 spiro atoms. The van der Waals surface area contributed by atoms with Gasteiger partial charge in [-0.2, -0.15) is 0 Å². The molecule has 3 aliphatic rings. The number of carboxylic acid groups (broad SMARTS) is 1. The van der Waals surface area contributed by atoms with Gasteiger partial charge in [0.05, 0.1) is 19.0 Å². The molecule has 0 saturated carbocycles. The van der Waals surface area contributed by atoms with Crippen molar-refractivity contribution >= 4 is 23.3 Å². The number of aromatic nitrogens is 1. The van der Waals surface area contributed by atoms with E-state index in [0.717, 1.165) is 0 Å². The van der Waals surface area contributed by atoms with Crippen LogP contribution in [0.4, 0.5) is 34.9 Å². The molecule has 2 saturated heterocycles. The van der Waals surface area contributed by atoms with E-state index >= 15 is 0 Å². The van der Waals surface area contributed by atoms with Crippen molar-refractivity contribution < 1.29 is 27.5 Å². The molecule has 0 radical (unpaired) electrons. The van der Waals surface area contributed by atoms with E-state index in [2.05, 4.69) is 9.83 Å². The average Bonchev–Trinajstić information content (AvgIpc) is 2.84. The first-order valence-corrected chi connectivity index (χ1v) is 9.07. The fourth-order valence-corrected chi connectivity index (χ4v) is 4.24. The number of hydrogen-bond donors (Lipinski definition) is 1. The lowest BCUT2D eigenvalue weighted by Gasteiger charge is -2.44. The van der Waals surface area contributed by atoms with Gasteiger partial charge in [-0.05, 0) is 18.4 Å². The molecule has 0 amide bonds. The van der Waals surface area contributed by atoms with Gasteiger partial charge in [0.1, 0.15) is 11.6 Å². The molecule has 2 fully saturated rings. The molecule has 0 aromatic carbocycles. The third-order valence-electron chi connectivity index (χ3n) is 5.75. The smallest absolute Gasteiger partial charge is 0.303 e. The van der Waals surface area contributed by atoms with E-state index in [-0.39, 0.29) is 54.6 Å². The Morgan fingerprint density at radius 2 is 2.07 bits per heavy atom. The quantitative estimate of drug-likeness (QED) is 0.608. The average molecular weight is 398 g/mol. The molecule has 1 atom stereocenters. The fourth-order valence-electron chi connectivity index (χ4n) is 4.24. The van der Waals surface area contributed by atoms with E-state index < -0.39 is 36.3 Å². The standard InChI is InChI=1S/C18H18F4N4O2/c1-23-14-13-10(2-4-18(13,21)22)16(25-7-9(8-25)6-12(27)28)24-17(14)26-5-3-11(26)15(19)20/h9,11,15H,2-8H2,(H,27,28). The summed E-state index contributed by atoms with van der Waals surface area (Å²) in [7, 11) is 0. The van der Waals surface area contributed by atoms with E-state index in [9.17, 15) is 22.4 Å². The first kappa shape index (κ1) is 18.8. The Morgan fingerprint density at radius 1 is 1.36 bits per heavy atom. The van der Waals surface area contributed by atoms with E-state index in [1.54, 1.807) is 4.90 Å². The van der Waals surface area contributed by atoms with Crippen LogP contribution in [0, 0.1) is 12.5 Å². The molecule has 4 rings (SSSR count). The first-order chi connectivity index (χ1) is 13.2. The molecule has 3 heterocycles. The molecule has 1 N–H and O–H groups in total. The maximum Gasteiger partial charge on any atom is 0.303 e. The maximum absolute atomic E-state index is 14.6.